The Morgan fingerprint density at radius 3 is 2.30 bits per heavy atom. The van der Waals surface area contributed by atoms with Crippen molar-refractivity contribution in [2.75, 3.05) is 0 Å². The fourth-order valence-corrected chi connectivity index (χ4v) is 2.29. The SMILES string of the molecule is CC1(C)OB(/C=C/c2ccc(C3CC3)nc2)OC1(C)C. The number of pyridine rings is 1. The molecule has 106 valence electrons. The standard InChI is InChI=1S/C16H22BNO2/c1-15(2)16(3,4)20-17(19-15)10-9-12-5-8-14(18-11-12)13-6-7-13/h5,8-11,13H,6-7H2,1-4H3/b10-9+. The second kappa shape index (κ2) is 4.71. The van der Waals surface area contributed by atoms with Gasteiger partial charge in [-0.25, -0.2) is 0 Å². The summed E-state index contributed by atoms with van der Waals surface area (Å²) in [7, 11) is -0.289. The maximum Gasteiger partial charge on any atom is 0.487 e. The lowest BCUT2D eigenvalue weighted by molar-refractivity contribution is 0.00578. The Bertz CT molecular complexity index is 502. The summed E-state index contributed by atoms with van der Waals surface area (Å²) >= 11 is 0. The summed E-state index contributed by atoms with van der Waals surface area (Å²) in [4.78, 5) is 4.51. The van der Waals surface area contributed by atoms with Crippen LogP contribution in [0.1, 0.15) is 57.7 Å². The fourth-order valence-electron chi connectivity index (χ4n) is 2.29. The fraction of sp³-hybridized carbons (Fsp3) is 0.562. The van der Waals surface area contributed by atoms with Crippen molar-refractivity contribution in [3.63, 3.8) is 0 Å². The van der Waals surface area contributed by atoms with E-state index in [1.807, 2.05) is 18.2 Å². The Hall–Kier alpha value is -1.13. The highest BCUT2D eigenvalue weighted by Gasteiger charge is 2.49. The van der Waals surface area contributed by atoms with Crippen molar-refractivity contribution in [3.8, 4) is 0 Å². The Labute approximate surface area is 121 Å². The zero-order valence-electron chi connectivity index (χ0n) is 12.7. The van der Waals surface area contributed by atoms with Gasteiger partial charge in [0, 0.05) is 17.8 Å². The molecule has 2 fully saturated rings. The van der Waals surface area contributed by atoms with Crippen molar-refractivity contribution in [3.05, 3.63) is 35.6 Å². The van der Waals surface area contributed by atoms with Gasteiger partial charge >= 0.3 is 7.12 Å². The van der Waals surface area contributed by atoms with Crippen LogP contribution in [0.25, 0.3) is 6.08 Å². The molecule has 1 saturated carbocycles. The molecule has 0 unspecified atom stereocenters. The molecule has 4 heteroatoms. The molecule has 0 bridgehead atoms. The average Bonchev–Trinajstić information content (AvgIpc) is 3.17. The third-order valence-corrected chi connectivity index (χ3v) is 4.52. The smallest absolute Gasteiger partial charge is 0.400 e. The average molecular weight is 271 g/mol. The van der Waals surface area contributed by atoms with Crippen LogP contribution in [0.5, 0.6) is 0 Å². The van der Waals surface area contributed by atoms with Gasteiger partial charge in [-0.05, 0) is 52.2 Å². The van der Waals surface area contributed by atoms with Gasteiger partial charge in [-0.3, -0.25) is 4.98 Å². The minimum Gasteiger partial charge on any atom is -0.400 e. The highest BCUT2D eigenvalue weighted by atomic mass is 16.7. The van der Waals surface area contributed by atoms with Crippen LogP contribution < -0.4 is 0 Å². The number of aromatic nitrogens is 1. The third kappa shape index (κ3) is 2.67. The van der Waals surface area contributed by atoms with E-state index in [0.29, 0.717) is 5.92 Å². The zero-order chi connectivity index (χ0) is 14.4. The lowest BCUT2D eigenvalue weighted by Gasteiger charge is -2.32. The molecule has 0 aromatic carbocycles. The van der Waals surface area contributed by atoms with E-state index in [1.165, 1.54) is 18.5 Å². The van der Waals surface area contributed by atoms with Gasteiger partial charge in [-0.1, -0.05) is 18.1 Å². The normalized spacial score (nSPS) is 24.5. The zero-order valence-corrected chi connectivity index (χ0v) is 12.7. The molecular formula is C16H22BNO2. The molecule has 0 atom stereocenters. The molecule has 3 rings (SSSR count). The number of rotatable bonds is 3. The number of hydrogen-bond donors (Lipinski definition) is 0. The molecule has 2 aliphatic rings. The highest BCUT2D eigenvalue weighted by Crippen LogP contribution is 2.39. The maximum absolute atomic E-state index is 5.93. The van der Waals surface area contributed by atoms with E-state index >= 15 is 0 Å². The molecule has 20 heavy (non-hydrogen) atoms. The van der Waals surface area contributed by atoms with Gasteiger partial charge < -0.3 is 9.31 Å². The first-order valence-corrected chi connectivity index (χ1v) is 7.37. The van der Waals surface area contributed by atoms with Crippen molar-refractivity contribution in [1.82, 2.24) is 4.98 Å². The van der Waals surface area contributed by atoms with Gasteiger partial charge in [-0.15, -0.1) is 0 Å². The Kier molecular flexibility index (Phi) is 3.26. The number of nitrogens with zero attached hydrogens (tertiary/aromatic N) is 1. The van der Waals surface area contributed by atoms with Crippen LogP contribution in [0.3, 0.4) is 0 Å². The Morgan fingerprint density at radius 2 is 1.80 bits per heavy atom. The summed E-state index contributed by atoms with van der Waals surface area (Å²) in [6, 6.07) is 4.24. The minimum absolute atomic E-state index is 0.282. The van der Waals surface area contributed by atoms with E-state index in [2.05, 4.69) is 44.8 Å². The molecule has 2 heterocycles. The van der Waals surface area contributed by atoms with Crippen molar-refractivity contribution in [1.29, 1.82) is 0 Å². The van der Waals surface area contributed by atoms with Crippen molar-refractivity contribution < 1.29 is 9.31 Å². The van der Waals surface area contributed by atoms with Gasteiger partial charge in [-0.2, -0.15) is 0 Å². The third-order valence-electron chi connectivity index (χ3n) is 4.52. The molecule has 1 aromatic heterocycles. The summed E-state index contributed by atoms with van der Waals surface area (Å²) < 4.78 is 11.9. The minimum atomic E-state index is -0.289. The second-order valence-corrected chi connectivity index (χ2v) is 6.77. The first-order chi connectivity index (χ1) is 9.37. The van der Waals surface area contributed by atoms with Gasteiger partial charge in [0.25, 0.3) is 0 Å². The van der Waals surface area contributed by atoms with Gasteiger partial charge in [0.1, 0.15) is 0 Å². The van der Waals surface area contributed by atoms with E-state index in [0.717, 1.165) is 5.56 Å². The Morgan fingerprint density at radius 1 is 1.15 bits per heavy atom. The molecule has 0 radical (unpaired) electrons. The molecule has 1 saturated heterocycles. The van der Waals surface area contributed by atoms with Crippen LogP contribution >= 0.6 is 0 Å². The van der Waals surface area contributed by atoms with Crippen molar-refractivity contribution >= 4 is 13.2 Å². The van der Waals surface area contributed by atoms with Crippen LogP contribution in [0.2, 0.25) is 0 Å². The lowest BCUT2D eigenvalue weighted by Crippen LogP contribution is -2.41. The van der Waals surface area contributed by atoms with Crippen LogP contribution in [0.4, 0.5) is 0 Å². The molecule has 0 amide bonds. The van der Waals surface area contributed by atoms with E-state index in [1.54, 1.807) is 0 Å². The largest absolute Gasteiger partial charge is 0.487 e. The topological polar surface area (TPSA) is 31.4 Å². The molecule has 0 spiro atoms. The van der Waals surface area contributed by atoms with Gasteiger partial charge in [0.05, 0.1) is 11.2 Å². The van der Waals surface area contributed by atoms with E-state index < -0.39 is 0 Å². The van der Waals surface area contributed by atoms with Crippen LogP contribution in [-0.2, 0) is 9.31 Å². The van der Waals surface area contributed by atoms with Gasteiger partial charge in [0.2, 0.25) is 0 Å². The van der Waals surface area contributed by atoms with Crippen molar-refractivity contribution in [2.45, 2.75) is 57.7 Å². The molecular weight excluding hydrogens is 249 g/mol. The summed E-state index contributed by atoms with van der Waals surface area (Å²) in [6.07, 6.45) is 6.52. The summed E-state index contributed by atoms with van der Waals surface area (Å²) in [5.41, 5.74) is 1.74. The van der Waals surface area contributed by atoms with Gasteiger partial charge in [0.15, 0.2) is 0 Å². The second-order valence-electron chi connectivity index (χ2n) is 6.77. The lowest BCUT2D eigenvalue weighted by atomic mass is 9.89. The molecule has 3 nitrogen and oxygen atoms in total. The van der Waals surface area contributed by atoms with E-state index in [4.69, 9.17) is 9.31 Å². The predicted octanol–water partition coefficient (Wildman–Crippen LogP) is 3.60. The van der Waals surface area contributed by atoms with Crippen LogP contribution in [-0.4, -0.2) is 23.3 Å². The van der Waals surface area contributed by atoms with Crippen LogP contribution in [0.15, 0.2) is 24.3 Å². The quantitative estimate of drug-likeness (QED) is 0.787. The summed E-state index contributed by atoms with van der Waals surface area (Å²) in [5.74, 6) is 2.67. The first kappa shape index (κ1) is 13.8. The highest BCUT2D eigenvalue weighted by molar-refractivity contribution is 6.52. The summed E-state index contributed by atoms with van der Waals surface area (Å²) in [5, 5.41) is 0. The van der Waals surface area contributed by atoms with E-state index in [9.17, 15) is 0 Å². The molecule has 1 aliphatic carbocycles. The summed E-state index contributed by atoms with van der Waals surface area (Å²) in [6.45, 7) is 8.25. The monoisotopic (exact) mass is 271 g/mol. The molecule has 0 N–H and O–H groups in total. The molecule has 1 aliphatic heterocycles. The van der Waals surface area contributed by atoms with Crippen molar-refractivity contribution in [2.24, 2.45) is 0 Å². The first-order valence-electron chi connectivity index (χ1n) is 7.37. The predicted molar refractivity (Wildman–Crippen MR) is 81.3 cm³/mol. The van der Waals surface area contributed by atoms with Crippen LogP contribution in [0, 0.1) is 0 Å². The maximum atomic E-state index is 5.93. The Balaban J connectivity index is 1.65. The van der Waals surface area contributed by atoms with E-state index in [-0.39, 0.29) is 18.3 Å². The molecule has 1 aromatic rings. The number of hydrogen-bond acceptors (Lipinski definition) is 3.